The van der Waals surface area contributed by atoms with Gasteiger partial charge in [0, 0.05) is 28.4 Å². The molecular weight excluding hydrogens is 527 g/mol. The van der Waals surface area contributed by atoms with Crippen LogP contribution in [0.4, 0.5) is 4.39 Å². The van der Waals surface area contributed by atoms with Crippen molar-refractivity contribution in [1.29, 1.82) is 0 Å². The number of aromatic nitrogens is 1. The molecule has 5 nitrogen and oxygen atoms in total. The molecule has 0 aliphatic heterocycles. The van der Waals surface area contributed by atoms with Gasteiger partial charge >= 0.3 is 0 Å². The number of amides is 1. The minimum absolute atomic E-state index is 0.137. The van der Waals surface area contributed by atoms with E-state index in [-0.39, 0.29) is 15.8 Å². The van der Waals surface area contributed by atoms with Crippen molar-refractivity contribution in [2.75, 3.05) is 6.26 Å². The van der Waals surface area contributed by atoms with Gasteiger partial charge in [-0.05, 0) is 48.0 Å². The molecule has 0 aliphatic rings. The van der Waals surface area contributed by atoms with E-state index in [9.17, 15) is 17.6 Å². The molecule has 1 N–H and O–H groups in total. The number of thiazole rings is 1. The number of sulfone groups is 1. The van der Waals surface area contributed by atoms with Crippen LogP contribution in [0, 0.1) is 5.82 Å². The Labute approximate surface area is 203 Å². The van der Waals surface area contributed by atoms with Crippen LogP contribution < -0.4 is 5.32 Å². The molecule has 33 heavy (non-hydrogen) atoms. The van der Waals surface area contributed by atoms with E-state index in [0.717, 1.165) is 27.6 Å². The maximum atomic E-state index is 13.5. The maximum absolute atomic E-state index is 13.5. The second-order valence-electron chi connectivity index (χ2n) is 7.28. The standard InChI is InChI=1S/C24H18BrFN2O3S2/c1-33(30,31)20-8-3-2-7-19(20)22-21(16-9-11-18(26)12-10-16)28-24(32-22)23(29)27-14-15-5-4-6-17(25)13-15/h2-13H,14H2,1H3,(H,27,29). The monoisotopic (exact) mass is 544 g/mol. The van der Waals surface area contributed by atoms with Crippen molar-refractivity contribution in [3.8, 4) is 21.7 Å². The minimum Gasteiger partial charge on any atom is -0.346 e. The Hall–Kier alpha value is -2.88. The third-order valence-electron chi connectivity index (χ3n) is 4.81. The first-order chi connectivity index (χ1) is 15.7. The highest BCUT2D eigenvalue weighted by Crippen LogP contribution is 2.39. The fraction of sp³-hybridized carbons (Fsp3) is 0.0833. The van der Waals surface area contributed by atoms with Crippen LogP contribution in [0.15, 0.2) is 82.2 Å². The van der Waals surface area contributed by atoms with Gasteiger partial charge in [-0.3, -0.25) is 4.79 Å². The molecular formula is C24H18BrFN2O3S2. The Morgan fingerprint density at radius 3 is 2.48 bits per heavy atom. The van der Waals surface area contributed by atoms with Crippen LogP contribution in [0.25, 0.3) is 21.7 Å². The molecule has 1 amide bonds. The van der Waals surface area contributed by atoms with E-state index in [1.165, 1.54) is 18.2 Å². The summed E-state index contributed by atoms with van der Waals surface area (Å²) in [6, 6.07) is 19.8. The minimum atomic E-state index is -3.53. The highest BCUT2D eigenvalue weighted by molar-refractivity contribution is 9.10. The lowest BCUT2D eigenvalue weighted by atomic mass is 10.1. The quantitative estimate of drug-likeness (QED) is 0.337. The molecule has 1 aromatic heterocycles. The molecule has 9 heteroatoms. The van der Waals surface area contributed by atoms with Crippen molar-refractivity contribution in [2.45, 2.75) is 11.4 Å². The number of hydrogen-bond acceptors (Lipinski definition) is 5. The highest BCUT2D eigenvalue weighted by Gasteiger charge is 2.23. The van der Waals surface area contributed by atoms with Gasteiger partial charge in [0.15, 0.2) is 14.8 Å². The average Bonchev–Trinajstić information content (AvgIpc) is 3.23. The third-order valence-corrected chi connectivity index (χ3v) is 7.55. The van der Waals surface area contributed by atoms with E-state index in [1.807, 2.05) is 24.3 Å². The lowest BCUT2D eigenvalue weighted by molar-refractivity contribution is 0.0950. The fourth-order valence-corrected chi connectivity index (χ4v) is 5.74. The summed E-state index contributed by atoms with van der Waals surface area (Å²) >= 11 is 4.51. The molecule has 0 unspecified atom stereocenters. The van der Waals surface area contributed by atoms with E-state index < -0.39 is 15.7 Å². The van der Waals surface area contributed by atoms with Gasteiger partial charge in [0.1, 0.15) is 5.82 Å². The van der Waals surface area contributed by atoms with Crippen molar-refractivity contribution in [3.63, 3.8) is 0 Å². The molecule has 0 saturated carbocycles. The Kier molecular flexibility index (Phi) is 6.73. The van der Waals surface area contributed by atoms with E-state index in [1.54, 1.807) is 30.3 Å². The van der Waals surface area contributed by atoms with Gasteiger partial charge in [-0.2, -0.15) is 0 Å². The van der Waals surface area contributed by atoms with Crippen molar-refractivity contribution < 1.29 is 17.6 Å². The zero-order valence-corrected chi connectivity index (χ0v) is 20.6. The zero-order valence-electron chi connectivity index (χ0n) is 17.4. The van der Waals surface area contributed by atoms with Crippen LogP contribution in [0.3, 0.4) is 0 Å². The van der Waals surface area contributed by atoms with Crippen LogP contribution >= 0.6 is 27.3 Å². The summed E-state index contributed by atoms with van der Waals surface area (Å²) in [6.45, 7) is 0.305. The second kappa shape index (κ2) is 9.54. The summed E-state index contributed by atoms with van der Waals surface area (Å²) in [7, 11) is -3.53. The molecule has 0 atom stereocenters. The second-order valence-corrected chi connectivity index (χ2v) is 11.2. The molecule has 0 fully saturated rings. The van der Waals surface area contributed by atoms with E-state index in [2.05, 4.69) is 26.2 Å². The smallest absolute Gasteiger partial charge is 0.280 e. The van der Waals surface area contributed by atoms with Gasteiger partial charge in [0.25, 0.3) is 5.91 Å². The summed E-state index contributed by atoms with van der Waals surface area (Å²) in [5.74, 6) is -0.787. The molecule has 168 valence electrons. The van der Waals surface area contributed by atoms with Crippen LogP contribution in [-0.2, 0) is 16.4 Å². The maximum Gasteiger partial charge on any atom is 0.280 e. The highest BCUT2D eigenvalue weighted by atomic mass is 79.9. The third kappa shape index (κ3) is 5.38. The van der Waals surface area contributed by atoms with Crippen LogP contribution in [0.1, 0.15) is 15.4 Å². The lowest BCUT2D eigenvalue weighted by Gasteiger charge is -2.08. The molecule has 0 bridgehead atoms. The molecule has 1 heterocycles. The number of carbonyl (C=O) groups is 1. The predicted molar refractivity (Wildman–Crippen MR) is 131 cm³/mol. The van der Waals surface area contributed by atoms with Crippen molar-refractivity contribution in [1.82, 2.24) is 10.3 Å². The first-order valence-corrected chi connectivity index (χ1v) is 13.3. The largest absolute Gasteiger partial charge is 0.346 e. The number of benzene rings is 3. The predicted octanol–water partition coefficient (Wildman–Crippen LogP) is 5.71. The van der Waals surface area contributed by atoms with Crippen molar-refractivity contribution >= 4 is 43.0 Å². The van der Waals surface area contributed by atoms with Crippen molar-refractivity contribution in [2.24, 2.45) is 0 Å². The molecule has 3 aromatic carbocycles. The number of carbonyl (C=O) groups excluding carboxylic acids is 1. The Bertz CT molecular complexity index is 1430. The van der Waals surface area contributed by atoms with Gasteiger partial charge in [0.05, 0.1) is 15.5 Å². The molecule has 0 aliphatic carbocycles. The van der Waals surface area contributed by atoms with E-state index in [4.69, 9.17) is 0 Å². The van der Waals surface area contributed by atoms with Crippen LogP contribution in [0.5, 0.6) is 0 Å². The molecule has 0 spiro atoms. The Morgan fingerprint density at radius 2 is 1.79 bits per heavy atom. The Morgan fingerprint density at radius 1 is 1.06 bits per heavy atom. The fourth-order valence-electron chi connectivity index (χ4n) is 3.29. The van der Waals surface area contributed by atoms with Gasteiger partial charge < -0.3 is 5.32 Å². The number of nitrogens with zero attached hydrogens (tertiary/aromatic N) is 1. The van der Waals surface area contributed by atoms with Gasteiger partial charge in [-0.1, -0.05) is 46.3 Å². The first kappa shape index (κ1) is 23.3. The number of rotatable bonds is 6. The van der Waals surface area contributed by atoms with Crippen molar-refractivity contribution in [3.05, 3.63) is 93.7 Å². The number of hydrogen-bond donors (Lipinski definition) is 1. The number of halogens is 2. The summed E-state index contributed by atoms with van der Waals surface area (Å²) in [4.78, 5) is 18.1. The SMILES string of the molecule is CS(=O)(=O)c1ccccc1-c1sc(C(=O)NCc2cccc(Br)c2)nc1-c1ccc(F)cc1. The van der Waals surface area contributed by atoms with E-state index >= 15 is 0 Å². The summed E-state index contributed by atoms with van der Waals surface area (Å²) in [5, 5.41) is 3.03. The molecule has 4 aromatic rings. The lowest BCUT2D eigenvalue weighted by Crippen LogP contribution is -2.22. The van der Waals surface area contributed by atoms with Gasteiger partial charge in [-0.15, -0.1) is 11.3 Å². The molecule has 4 rings (SSSR count). The first-order valence-electron chi connectivity index (χ1n) is 9.81. The van der Waals surface area contributed by atoms with Gasteiger partial charge in [-0.25, -0.2) is 17.8 Å². The number of nitrogens with one attached hydrogen (secondary N) is 1. The van der Waals surface area contributed by atoms with E-state index in [0.29, 0.717) is 28.2 Å². The normalized spacial score (nSPS) is 11.4. The Balaban J connectivity index is 1.77. The molecule has 0 radical (unpaired) electrons. The summed E-state index contributed by atoms with van der Waals surface area (Å²) < 4.78 is 39.2. The topological polar surface area (TPSA) is 76.1 Å². The van der Waals surface area contributed by atoms with Gasteiger partial charge in [0.2, 0.25) is 0 Å². The zero-order chi connectivity index (χ0) is 23.6. The summed E-state index contributed by atoms with van der Waals surface area (Å²) in [6.07, 6.45) is 1.13. The molecule has 0 saturated heterocycles. The van der Waals surface area contributed by atoms with Crippen LogP contribution in [0.2, 0.25) is 0 Å². The average molecular weight is 545 g/mol. The van der Waals surface area contributed by atoms with Crippen LogP contribution in [-0.4, -0.2) is 25.6 Å². The summed E-state index contributed by atoms with van der Waals surface area (Å²) in [5.41, 5.74) is 2.36.